The maximum atomic E-state index is 8.73. The number of likely N-dealkylation sites (N-methyl/N-ethyl adjacent to an activating group) is 1. The van der Waals surface area contributed by atoms with Crippen LogP contribution in [-0.4, -0.2) is 61.9 Å². The number of aliphatic hydroxyl groups excluding tert-OH is 2. The second-order valence-corrected chi connectivity index (χ2v) is 4.06. The van der Waals surface area contributed by atoms with E-state index in [9.17, 15) is 0 Å². The van der Waals surface area contributed by atoms with Crippen LogP contribution in [0.5, 0.6) is 0 Å². The predicted molar refractivity (Wildman–Crippen MR) is 60.4 cm³/mol. The lowest BCUT2D eigenvalue weighted by Gasteiger charge is -2.35. The van der Waals surface area contributed by atoms with E-state index < -0.39 is 0 Å². The van der Waals surface area contributed by atoms with Gasteiger partial charge in [-0.05, 0) is 26.3 Å². The molecule has 1 saturated carbocycles. The second-order valence-electron chi connectivity index (χ2n) is 4.06. The van der Waals surface area contributed by atoms with Crippen molar-refractivity contribution in [1.82, 2.24) is 5.32 Å². The van der Waals surface area contributed by atoms with Gasteiger partial charge in [0.15, 0.2) is 0 Å². The zero-order valence-electron chi connectivity index (χ0n) is 9.89. The van der Waals surface area contributed by atoms with E-state index in [2.05, 4.69) is 5.32 Å². The summed E-state index contributed by atoms with van der Waals surface area (Å²) in [5.41, 5.74) is 0. The first-order valence-electron chi connectivity index (χ1n) is 5.94. The van der Waals surface area contributed by atoms with Gasteiger partial charge in [0.2, 0.25) is 0 Å². The lowest BCUT2D eigenvalue weighted by Crippen LogP contribution is -2.46. The molecule has 1 fully saturated rings. The van der Waals surface area contributed by atoms with Gasteiger partial charge in [-0.15, -0.1) is 0 Å². The normalized spacial score (nSPS) is 30.6. The third-order valence-electron chi connectivity index (χ3n) is 2.98. The Bertz CT molecular complexity index is 179. The van der Waals surface area contributed by atoms with Crippen LogP contribution in [0.4, 0.5) is 0 Å². The lowest BCUT2D eigenvalue weighted by molar-refractivity contribution is -0.0596. The molecule has 3 atom stereocenters. The van der Waals surface area contributed by atoms with Crippen molar-refractivity contribution in [3.8, 4) is 0 Å². The molecule has 0 bridgehead atoms. The molecule has 0 radical (unpaired) electrons. The molecular formula is C11H23NO4. The van der Waals surface area contributed by atoms with Crippen molar-refractivity contribution >= 4 is 0 Å². The van der Waals surface area contributed by atoms with E-state index in [0.29, 0.717) is 13.2 Å². The Morgan fingerprint density at radius 2 is 1.81 bits per heavy atom. The van der Waals surface area contributed by atoms with E-state index in [4.69, 9.17) is 19.7 Å². The van der Waals surface area contributed by atoms with E-state index in [1.54, 1.807) is 0 Å². The highest BCUT2D eigenvalue weighted by Crippen LogP contribution is 2.23. The summed E-state index contributed by atoms with van der Waals surface area (Å²) in [5, 5.41) is 20.6. The minimum absolute atomic E-state index is 0.0668. The van der Waals surface area contributed by atoms with Crippen LogP contribution >= 0.6 is 0 Å². The summed E-state index contributed by atoms with van der Waals surface area (Å²) in [6.45, 7) is 0.941. The predicted octanol–water partition coefficient (Wildman–Crippen LogP) is -0.487. The van der Waals surface area contributed by atoms with Crippen molar-refractivity contribution in [1.29, 1.82) is 0 Å². The Hall–Kier alpha value is -0.200. The van der Waals surface area contributed by atoms with Crippen LogP contribution in [0.15, 0.2) is 0 Å². The minimum atomic E-state index is 0.0668. The highest BCUT2D eigenvalue weighted by atomic mass is 16.5. The number of nitrogens with one attached hydrogen (secondary N) is 1. The molecule has 16 heavy (non-hydrogen) atoms. The van der Waals surface area contributed by atoms with Crippen LogP contribution in [-0.2, 0) is 9.47 Å². The molecule has 3 N–H and O–H groups in total. The highest BCUT2D eigenvalue weighted by molar-refractivity contribution is 4.85. The Labute approximate surface area is 96.7 Å². The van der Waals surface area contributed by atoms with Crippen molar-refractivity contribution in [3.63, 3.8) is 0 Å². The molecule has 5 nitrogen and oxygen atoms in total. The Balaban J connectivity index is 2.31. The van der Waals surface area contributed by atoms with Gasteiger partial charge in [-0.1, -0.05) is 0 Å². The molecule has 1 aliphatic carbocycles. The lowest BCUT2D eigenvalue weighted by atomic mass is 9.90. The molecule has 96 valence electrons. The first kappa shape index (κ1) is 13.9. The van der Waals surface area contributed by atoms with E-state index in [1.807, 2.05) is 7.05 Å². The second kappa shape index (κ2) is 7.97. The van der Waals surface area contributed by atoms with Crippen LogP contribution in [0.1, 0.15) is 19.3 Å². The monoisotopic (exact) mass is 233 g/mol. The average Bonchev–Trinajstić information content (AvgIpc) is 2.34. The molecule has 0 aromatic heterocycles. The summed E-state index contributed by atoms with van der Waals surface area (Å²) in [5.74, 6) is 0. The Kier molecular flexibility index (Phi) is 6.91. The smallest absolute Gasteiger partial charge is 0.0731 e. The van der Waals surface area contributed by atoms with Crippen LogP contribution in [0.2, 0.25) is 0 Å². The number of ether oxygens (including phenoxy) is 2. The molecule has 0 saturated heterocycles. The summed E-state index contributed by atoms with van der Waals surface area (Å²) in [4.78, 5) is 0. The summed E-state index contributed by atoms with van der Waals surface area (Å²) < 4.78 is 11.1. The van der Waals surface area contributed by atoms with Gasteiger partial charge in [0.25, 0.3) is 0 Å². The van der Waals surface area contributed by atoms with Crippen LogP contribution in [0.3, 0.4) is 0 Å². The van der Waals surface area contributed by atoms with E-state index in [0.717, 1.165) is 19.3 Å². The topological polar surface area (TPSA) is 71.0 Å². The molecule has 3 unspecified atom stereocenters. The van der Waals surface area contributed by atoms with Crippen molar-refractivity contribution in [2.45, 2.75) is 37.5 Å². The maximum Gasteiger partial charge on any atom is 0.0731 e. The Morgan fingerprint density at radius 1 is 1.12 bits per heavy atom. The van der Waals surface area contributed by atoms with Gasteiger partial charge >= 0.3 is 0 Å². The number of hydrogen-bond acceptors (Lipinski definition) is 5. The molecule has 0 heterocycles. The largest absolute Gasteiger partial charge is 0.394 e. The number of aliphatic hydroxyl groups is 2. The van der Waals surface area contributed by atoms with Crippen LogP contribution in [0.25, 0.3) is 0 Å². The highest BCUT2D eigenvalue weighted by Gasteiger charge is 2.30. The first-order valence-corrected chi connectivity index (χ1v) is 5.94. The number of rotatable bonds is 7. The SMILES string of the molecule is CNC1CC(OCCO)CCC1OCCO. The molecule has 1 rings (SSSR count). The molecule has 0 aromatic carbocycles. The molecule has 0 aliphatic heterocycles. The zero-order valence-corrected chi connectivity index (χ0v) is 9.89. The summed E-state index contributed by atoms with van der Waals surface area (Å²) in [6, 6.07) is 0.268. The van der Waals surface area contributed by atoms with Crippen LogP contribution in [0, 0.1) is 0 Å². The third kappa shape index (κ3) is 4.35. The molecule has 5 heteroatoms. The maximum absolute atomic E-state index is 8.73. The summed E-state index contributed by atoms with van der Waals surface area (Å²) in [7, 11) is 1.91. The van der Waals surface area contributed by atoms with Gasteiger partial charge < -0.3 is 25.0 Å². The molecule has 0 spiro atoms. The summed E-state index contributed by atoms with van der Waals surface area (Å²) in [6.07, 6.45) is 3.15. The standard InChI is InChI=1S/C11H23NO4/c1-12-10-8-9(15-6-4-13)2-3-11(10)16-7-5-14/h9-14H,2-8H2,1H3. The fraction of sp³-hybridized carbons (Fsp3) is 1.00. The Morgan fingerprint density at radius 3 is 2.44 bits per heavy atom. The van der Waals surface area contributed by atoms with Crippen molar-refractivity contribution < 1.29 is 19.7 Å². The fourth-order valence-electron chi connectivity index (χ4n) is 2.18. The molecular weight excluding hydrogens is 210 g/mol. The van der Waals surface area contributed by atoms with Gasteiger partial charge in [-0.2, -0.15) is 0 Å². The average molecular weight is 233 g/mol. The van der Waals surface area contributed by atoms with Crippen molar-refractivity contribution in [3.05, 3.63) is 0 Å². The minimum Gasteiger partial charge on any atom is -0.394 e. The van der Waals surface area contributed by atoms with Crippen molar-refractivity contribution in [2.24, 2.45) is 0 Å². The van der Waals surface area contributed by atoms with Gasteiger partial charge in [0, 0.05) is 6.04 Å². The van der Waals surface area contributed by atoms with Gasteiger partial charge in [0.05, 0.1) is 38.6 Å². The van der Waals surface area contributed by atoms with Crippen LogP contribution < -0.4 is 5.32 Å². The third-order valence-corrected chi connectivity index (χ3v) is 2.98. The van der Waals surface area contributed by atoms with Gasteiger partial charge in [-0.3, -0.25) is 0 Å². The first-order chi connectivity index (χ1) is 7.81. The molecule has 0 aromatic rings. The van der Waals surface area contributed by atoms with Gasteiger partial charge in [-0.25, -0.2) is 0 Å². The zero-order chi connectivity index (χ0) is 11.8. The summed E-state index contributed by atoms with van der Waals surface area (Å²) >= 11 is 0. The van der Waals surface area contributed by atoms with E-state index in [-0.39, 0.29) is 31.5 Å². The fourth-order valence-corrected chi connectivity index (χ4v) is 2.18. The van der Waals surface area contributed by atoms with E-state index >= 15 is 0 Å². The quantitative estimate of drug-likeness (QED) is 0.554. The van der Waals surface area contributed by atoms with Gasteiger partial charge in [0.1, 0.15) is 0 Å². The van der Waals surface area contributed by atoms with Crippen molar-refractivity contribution in [2.75, 3.05) is 33.5 Å². The van der Waals surface area contributed by atoms with E-state index in [1.165, 1.54) is 0 Å². The molecule has 1 aliphatic rings. The number of hydrogen-bond donors (Lipinski definition) is 3. The molecule has 0 amide bonds.